The van der Waals surface area contributed by atoms with Crippen LogP contribution in [0.3, 0.4) is 0 Å². The molecule has 0 saturated heterocycles. The van der Waals surface area contributed by atoms with Gasteiger partial charge in [-0.05, 0) is 54.1 Å². The molecule has 3 nitrogen and oxygen atoms in total. The summed E-state index contributed by atoms with van der Waals surface area (Å²) in [6, 6.07) is 8.82. The van der Waals surface area contributed by atoms with E-state index in [0.717, 1.165) is 0 Å². The van der Waals surface area contributed by atoms with Gasteiger partial charge in [0.05, 0.1) is 17.2 Å². The van der Waals surface area contributed by atoms with Crippen molar-refractivity contribution in [1.29, 1.82) is 5.26 Å². The van der Waals surface area contributed by atoms with Crippen LogP contribution in [0.15, 0.2) is 60.9 Å². The maximum atomic E-state index is 14.3. The highest BCUT2D eigenvalue weighted by molar-refractivity contribution is 5.67. The van der Waals surface area contributed by atoms with Crippen molar-refractivity contribution in [2.24, 2.45) is 0 Å². The Labute approximate surface area is 184 Å². The molecule has 0 aliphatic carbocycles. The molecule has 0 N–H and O–H groups in total. The number of aromatic nitrogens is 1. The van der Waals surface area contributed by atoms with Gasteiger partial charge in [0.15, 0.2) is 0 Å². The van der Waals surface area contributed by atoms with Crippen LogP contribution in [-0.2, 0) is 18.9 Å². The Morgan fingerprint density at radius 2 is 1.55 bits per heavy atom. The Hall–Kier alpha value is -3.45. The quantitative estimate of drug-likeness (QED) is 0.396. The van der Waals surface area contributed by atoms with Crippen LogP contribution in [0.2, 0.25) is 0 Å². The molecule has 10 heteroatoms. The highest BCUT2D eigenvalue weighted by Crippen LogP contribution is 2.38. The number of nitrogens with zero attached hydrogens (tertiary/aromatic N) is 3. The summed E-state index contributed by atoms with van der Waals surface area (Å²) in [5.74, 6) is -0.517. The molecule has 1 heterocycles. The summed E-state index contributed by atoms with van der Waals surface area (Å²) >= 11 is 0. The molecule has 0 radical (unpaired) electrons. The molecule has 0 saturated carbocycles. The Bertz CT molecular complexity index is 1150. The number of halogens is 7. The standard InChI is InChI=1S/C23H16F7N3/c1-33(13-15-12-32-7-6-18(15)19-4-2-3-5-20(19)24)21(11-31)14-8-16(22(25,26)27)10-17(9-14)23(28,29)30/h2-10,12,21H,13H2,1H3. The van der Waals surface area contributed by atoms with E-state index in [1.807, 2.05) is 0 Å². The van der Waals surface area contributed by atoms with Crippen LogP contribution in [0.5, 0.6) is 0 Å². The molecule has 3 aromatic rings. The van der Waals surface area contributed by atoms with Gasteiger partial charge in [0.25, 0.3) is 0 Å². The fourth-order valence-corrected chi connectivity index (χ4v) is 3.42. The Kier molecular flexibility index (Phi) is 6.74. The second-order valence-corrected chi connectivity index (χ2v) is 7.30. The molecule has 0 spiro atoms. The number of alkyl halides is 6. The minimum atomic E-state index is -5.03. The first-order valence-corrected chi connectivity index (χ1v) is 9.49. The number of hydrogen-bond donors (Lipinski definition) is 0. The van der Waals surface area contributed by atoms with Crippen molar-refractivity contribution in [3.63, 3.8) is 0 Å². The van der Waals surface area contributed by atoms with Crippen LogP contribution in [0, 0.1) is 17.1 Å². The second-order valence-electron chi connectivity index (χ2n) is 7.30. The third kappa shape index (κ3) is 5.49. The molecule has 1 aromatic heterocycles. The van der Waals surface area contributed by atoms with Crippen molar-refractivity contribution >= 4 is 0 Å². The third-order valence-corrected chi connectivity index (χ3v) is 4.98. The Morgan fingerprint density at radius 1 is 0.939 bits per heavy atom. The second kappa shape index (κ2) is 9.19. The van der Waals surface area contributed by atoms with Crippen molar-refractivity contribution < 1.29 is 30.7 Å². The van der Waals surface area contributed by atoms with Gasteiger partial charge in [0.2, 0.25) is 0 Å². The number of rotatable bonds is 5. The first-order valence-electron chi connectivity index (χ1n) is 9.49. The summed E-state index contributed by atoms with van der Waals surface area (Å²) in [4.78, 5) is 5.25. The van der Waals surface area contributed by atoms with Crippen LogP contribution in [-0.4, -0.2) is 16.9 Å². The molecule has 1 atom stereocenters. The van der Waals surface area contributed by atoms with Gasteiger partial charge in [-0.25, -0.2) is 4.39 Å². The average Bonchev–Trinajstić information content (AvgIpc) is 2.74. The van der Waals surface area contributed by atoms with E-state index in [-0.39, 0.29) is 18.2 Å². The molecule has 33 heavy (non-hydrogen) atoms. The number of benzene rings is 2. The van der Waals surface area contributed by atoms with Gasteiger partial charge in [0.1, 0.15) is 11.9 Å². The first-order chi connectivity index (χ1) is 15.4. The number of hydrogen-bond acceptors (Lipinski definition) is 3. The SMILES string of the molecule is CN(Cc1cnccc1-c1ccccc1F)C(C#N)c1cc(C(F)(F)F)cc(C(F)(F)F)c1. The molecule has 1 unspecified atom stereocenters. The molecule has 0 fully saturated rings. The Balaban J connectivity index is 2.01. The van der Waals surface area contributed by atoms with Crippen molar-refractivity contribution in [3.8, 4) is 17.2 Å². The van der Waals surface area contributed by atoms with E-state index < -0.39 is 40.9 Å². The lowest BCUT2D eigenvalue weighted by Crippen LogP contribution is -2.24. The summed E-state index contributed by atoms with van der Waals surface area (Å²) in [7, 11) is 1.37. The summed E-state index contributed by atoms with van der Waals surface area (Å²) in [5.41, 5.74) is -2.35. The van der Waals surface area contributed by atoms with E-state index in [1.165, 1.54) is 48.6 Å². The van der Waals surface area contributed by atoms with Crippen molar-refractivity contribution in [2.75, 3.05) is 7.05 Å². The summed E-state index contributed by atoms with van der Waals surface area (Å²) in [5, 5.41) is 9.62. The van der Waals surface area contributed by atoms with Gasteiger partial charge in [-0.15, -0.1) is 0 Å². The van der Waals surface area contributed by atoms with E-state index >= 15 is 0 Å². The monoisotopic (exact) mass is 467 g/mol. The molecule has 3 rings (SSSR count). The van der Waals surface area contributed by atoms with Crippen LogP contribution in [0.1, 0.15) is 28.3 Å². The van der Waals surface area contributed by atoms with E-state index in [4.69, 9.17) is 0 Å². The van der Waals surface area contributed by atoms with E-state index in [2.05, 4.69) is 4.98 Å². The number of pyridine rings is 1. The molecule has 0 amide bonds. The van der Waals surface area contributed by atoms with Crippen molar-refractivity contribution in [3.05, 3.63) is 89.0 Å². The van der Waals surface area contributed by atoms with Crippen LogP contribution < -0.4 is 0 Å². The summed E-state index contributed by atoms with van der Waals surface area (Å²) in [6.07, 6.45) is -7.23. The minimum Gasteiger partial charge on any atom is -0.283 e. The minimum absolute atomic E-state index is 0.00926. The van der Waals surface area contributed by atoms with Gasteiger partial charge in [-0.2, -0.15) is 31.6 Å². The Morgan fingerprint density at radius 3 is 2.09 bits per heavy atom. The smallest absolute Gasteiger partial charge is 0.283 e. The summed E-state index contributed by atoms with van der Waals surface area (Å²) < 4.78 is 93.6. The van der Waals surface area contributed by atoms with E-state index in [9.17, 15) is 36.0 Å². The van der Waals surface area contributed by atoms with Gasteiger partial charge in [-0.3, -0.25) is 9.88 Å². The van der Waals surface area contributed by atoms with Crippen LogP contribution >= 0.6 is 0 Å². The average molecular weight is 467 g/mol. The molecular weight excluding hydrogens is 451 g/mol. The lowest BCUT2D eigenvalue weighted by Gasteiger charge is -2.25. The molecule has 0 aliphatic heterocycles. The van der Waals surface area contributed by atoms with Gasteiger partial charge in [0, 0.05) is 24.5 Å². The third-order valence-electron chi connectivity index (χ3n) is 4.98. The molecule has 0 bridgehead atoms. The zero-order chi connectivity index (χ0) is 24.4. The van der Waals surface area contributed by atoms with Crippen molar-refractivity contribution in [1.82, 2.24) is 9.88 Å². The fraction of sp³-hybridized carbons (Fsp3) is 0.217. The first kappa shape index (κ1) is 24.2. The van der Waals surface area contributed by atoms with Gasteiger partial charge < -0.3 is 0 Å². The largest absolute Gasteiger partial charge is 0.416 e. The lowest BCUT2D eigenvalue weighted by molar-refractivity contribution is -0.143. The predicted octanol–water partition coefficient (Wildman–Crippen LogP) is 6.62. The predicted molar refractivity (Wildman–Crippen MR) is 106 cm³/mol. The van der Waals surface area contributed by atoms with E-state index in [0.29, 0.717) is 23.3 Å². The van der Waals surface area contributed by atoms with Crippen molar-refractivity contribution in [2.45, 2.75) is 24.9 Å². The zero-order valence-corrected chi connectivity index (χ0v) is 17.0. The highest BCUT2D eigenvalue weighted by Gasteiger charge is 2.38. The number of nitriles is 1. The molecule has 2 aromatic carbocycles. The molecule has 172 valence electrons. The maximum Gasteiger partial charge on any atom is 0.416 e. The highest BCUT2D eigenvalue weighted by atomic mass is 19.4. The van der Waals surface area contributed by atoms with Gasteiger partial charge in [-0.1, -0.05) is 18.2 Å². The van der Waals surface area contributed by atoms with Crippen LogP contribution in [0.25, 0.3) is 11.1 Å². The lowest BCUT2D eigenvalue weighted by atomic mass is 9.97. The summed E-state index contributed by atoms with van der Waals surface area (Å²) in [6.45, 7) is -0.0899. The van der Waals surface area contributed by atoms with Gasteiger partial charge >= 0.3 is 12.4 Å². The van der Waals surface area contributed by atoms with E-state index in [1.54, 1.807) is 12.1 Å². The molecular formula is C23H16F7N3. The topological polar surface area (TPSA) is 39.9 Å². The fourth-order valence-electron chi connectivity index (χ4n) is 3.42. The van der Waals surface area contributed by atoms with Crippen LogP contribution in [0.4, 0.5) is 30.7 Å². The maximum absolute atomic E-state index is 14.3. The zero-order valence-electron chi connectivity index (χ0n) is 17.0. The molecule has 0 aliphatic rings. The normalized spacial score (nSPS) is 13.1.